The summed E-state index contributed by atoms with van der Waals surface area (Å²) in [6, 6.07) is 18.8. The van der Waals surface area contributed by atoms with Crippen LogP contribution in [0.5, 0.6) is 0 Å². The lowest BCUT2D eigenvalue weighted by molar-refractivity contribution is 0.220. The highest BCUT2D eigenvalue weighted by molar-refractivity contribution is 5.93. The number of hydrogen-bond acceptors (Lipinski definition) is 2. The lowest BCUT2D eigenvalue weighted by atomic mass is 9.97. The minimum atomic E-state index is 0.676. The Morgan fingerprint density at radius 1 is 1.04 bits per heavy atom. The summed E-state index contributed by atoms with van der Waals surface area (Å²) < 4.78 is 0. The summed E-state index contributed by atoms with van der Waals surface area (Å²) in [6.45, 7) is 6.14. The smallest absolute Gasteiger partial charge is 0.196 e. The molecule has 0 aromatic heterocycles. The van der Waals surface area contributed by atoms with Crippen molar-refractivity contribution in [3.8, 4) is 0 Å². The monoisotopic (exact) mass is 350 g/mol. The molecule has 0 aliphatic carbocycles. The molecular weight excluding hydrogens is 320 g/mol. The maximum atomic E-state index is 4.80. The Bertz CT molecular complexity index is 686. The quantitative estimate of drug-likeness (QED) is 0.635. The van der Waals surface area contributed by atoms with E-state index in [0.717, 1.165) is 18.2 Å². The molecule has 1 aliphatic heterocycles. The summed E-state index contributed by atoms with van der Waals surface area (Å²) in [7, 11) is 2.20. The van der Waals surface area contributed by atoms with Crippen molar-refractivity contribution in [1.29, 1.82) is 0 Å². The Kier molecular flexibility index (Phi) is 6.67. The number of benzene rings is 2. The minimum Gasteiger partial charge on any atom is -0.356 e. The van der Waals surface area contributed by atoms with Crippen LogP contribution in [0.4, 0.5) is 5.69 Å². The molecule has 0 spiro atoms. The molecule has 1 fully saturated rings. The molecule has 0 atom stereocenters. The Morgan fingerprint density at radius 2 is 1.73 bits per heavy atom. The molecular formula is C22H30N4. The second-order valence-electron chi connectivity index (χ2n) is 7.27. The summed E-state index contributed by atoms with van der Waals surface area (Å²) in [6.07, 6.45) is 2.50. The zero-order valence-corrected chi connectivity index (χ0v) is 15.9. The molecule has 2 N–H and O–H groups in total. The van der Waals surface area contributed by atoms with Crippen molar-refractivity contribution in [2.24, 2.45) is 10.9 Å². The van der Waals surface area contributed by atoms with Crippen molar-refractivity contribution in [2.75, 3.05) is 32.0 Å². The van der Waals surface area contributed by atoms with E-state index < -0.39 is 0 Å². The van der Waals surface area contributed by atoms with E-state index in [1.807, 2.05) is 18.2 Å². The number of likely N-dealkylation sites (tertiary alicyclic amines) is 1. The molecule has 1 saturated heterocycles. The Balaban J connectivity index is 1.62. The molecule has 1 heterocycles. The molecule has 1 aliphatic rings. The van der Waals surface area contributed by atoms with Crippen LogP contribution < -0.4 is 10.6 Å². The highest BCUT2D eigenvalue weighted by Gasteiger charge is 2.16. The van der Waals surface area contributed by atoms with Gasteiger partial charge in [-0.1, -0.05) is 48.0 Å². The number of aliphatic imine (C=N–C) groups is 1. The van der Waals surface area contributed by atoms with Gasteiger partial charge in [0.2, 0.25) is 0 Å². The van der Waals surface area contributed by atoms with Gasteiger partial charge in [-0.05, 0) is 63.5 Å². The third-order valence-electron chi connectivity index (χ3n) is 4.97. The molecule has 0 amide bonds. The van der Waals surface area contributed by atoms with Gasteiger partial charge in [-0.3, -0.25) is 0 Å². The average Bonchev–Trinajstić information content (AvgIpc) is 2.67. The predicted octanol–water partition coefficient (Wildman–Crippen LogP) is 3.89. The second-order valence-corrected chi connectivity index (χ2v) is 7.27. The summed E-state index contributed by atoms with van der Waals surface area (Å²) in [5.74, 6) is 1.57. The van der Waals surface area contributed by atoms with Crippen LogP contribution >= 0.6 is 0 Å². The fourth-order valence-corrected chi connectivity index (χ4v) is 3.17. The number of rotatable bonds is 5. The molecule has 2 aromatic rings. The molecule has 0 saturated carbocycles. The van der Waals surface area contributed by atoms with Gasteiger partial charge >= 0.3 is 0 Å². The van der Waals surface area contributed by atoms with E-state index in [2.05, 4.69) is 65.9 Å². The number of nitrogens with zero attached hydrogens (tertiary/aromatic N) is 2. The van der Waals surface area contributed by atoms with Crippen LogP contribution in [0.3, 0.4) is 0 Å². The third-order valence-corrected chi connectivity index (χ3v) is 4.97. The standard InChI is InChI=1S/C22H30N4/c1-18-8-10-19(11-9-18)16-23-22(25-21-6-4-3-5-7-21)24-17-20-12-14-26(2)15-13-20/h3-11,20H,12-17H2,1-2H3,(H2,23,24,25). The van der Waals surface area contributed by atoms with Crippen LogP contribution in [-0.2, 0) is 6.54 Å². The first-order chi connectivity index (χ1) is 12.7. The molecule has 0 unspecified atom stereocenters. The number of aryl methyl sites for hydroxylation is 1. The fraction of sp³-hybridized carbons (Fsp3) is 0.409. The average molecular weight is 351 g/mol. The van der Waals surface area contributed by atoms with Crippen molar-refractivity contribution >= 4 is 11.6 Å². The molecule has 26 heavy (non-hydrogen) atoms. The molecule has 3 rings (SSSR count). The van der Waals surface area contributed by atoms with Crippen LogP contribution in [0, 0.1) is 12.8 Å². The van der Waals surface area contributed by atoms with Crippen LogP contribution in [0.2, 0.25) is 0 Å². The maximum absolute atomic E-state index is 4.80. The van der Waals surface area contributed by atoms with Crippen LogP contribution in [-0.4, -0.2) is 37.5 Å². The first-order valence-corrected chi connectivity index (χ1v) is 9.53. The molecule has 0 radical (unpaired) electrons. The molecule has 0 bridgehead atoms. The zero-order valence-electron chi connectivity index (χ0n) is 15.9. The van der Waals surface area contributed by atoms with E-state index in [-0.39, 0.29) is 0 Å². The number of piperidine rings is 1. The maximum Gasteiger partial charge on any atom is 0.196 e. The van der Waals surface area contributed by atoms with E-state index >= 15 is 0 Å². The number of hydrogen-bond donors (Lipinski definition) is 2. The number of anilines is 1. The van der Waals surface area contributed by atoms with Crippen molar-refractivity contribution in [3.05, 3.63) is 65.7 Å². The molecule has 2 aromatic carbocycles. The molecule has 4 nitrogen and oxygen atoms in total. The van der Waals surface area contributed by atoms with E-state index in [0.29, 0.717) is 12.5 Å². The predicted molar refractivity (Wildman–Crippen MR) is 111 cm³/mol. The Hall–Kier alpha value is -2.33. The van der Waals surface area contributed by atoms with Gasteiger partial charge in [-0.15, -0.1) is 0 Å². The second kappa shape index (κ2) is 9.39. The lowest BCUT2D eigenvalue weighted by Crippen LogP contribution is -2.39. The highest BCUT2D eigenvalue weighted by Crippen LogP contribution is 2.15. The van der Waals surface area contributed by atoms with Crippen molar-refractivity contribution < 1.29 is 0 Å². The Morgan fingerprint density at radius 3 is 2.42 bits per heavy atom. The minimum absolute atomic E-state index is 0.676. The summed E-state index contributed by atoms with van der Waals surface area (Å²) >= 11 is 0. The zero-order chi connectivity index (χ0) is 18.2. The highest BCUT2D eigenvalue weighted by atomic mass is 15.2. The van der Waals surface area contributed by atoms with Gasteiger partial charge in [0, 0.05) is 12.2 Å². The van der Waals surface area contributed by atoms with Crippen LogP contribution in [0.15, 0.2) is 59.6 Å². The van der Waals surface area contributed by atoms with Gasteiger partial charge in [0.25, 0.3) is 0 Å². The summed E-state index contributed by atoms with van der Waals surface area (Å²) in [5, 5.41) is 6.99. The largest absolute Gasteiger partial charge is 0.356 e. The van der Waals surface area contributed by atoms with Crippen LogP contribution in [0.1, 0.15) is 24.0 Å². The van der Waals surface area contributed by atoms with Crippen molar-refractivity contribution in [1.82, 2.24) is 10.2 Å². The van der Waals surface area contributed by atoms with Crippen LogP contribution in [0.25, 0.3) is 0 Å². The van der Waals surface area contributed by atoms with E-state index in [1.165, 1.54) is 37.1 Å². The third kappa shape index (κ3) is 5.88. The summed E-state index contributed by atoms with van der Waals surface area (Å²) in [4.78, 5) is 7.21. The Labute approximate surface area is 157 Å². The number of nitrogens with one attached hydrogen (secondary N) is 2. The topological polar surface area (TPSA) is 39.7 Å². The molecule has 4 heteroatoms. The van der Waals surface area contributed by atoms with Crippen molar-refractivity contribution in [2.45, 2.75) is 26.3 Å². The normalized spacial score (nSPS) is 16.5. The van der Waals surface area contributed by atoms with Gasteiger partial charge in [-0.25, -0.2) is 4.99 Å². The van der Waals surface area contributed by atoms with Gasteiger partial charge in [0.15, 0.2) is 5.96 Å². The SMILES string of the molecule is Cc1ccc(CN=C(NCC2CCN(C)CC2)Nc2ccccc2)cc1. The van der Waals surface area contributed by atoms with Gasteiger partial charge in [-0.2, -0.15) is 0 Å². The summed E-state index contributed by atoms with van der Waals surface area (Å²) in [5.41, 5.74) is 3.57. The number of guanidine groups is 1. The van der Waals surface area contributed by atoms with E-state index in [4.69, 9.17) is 4.99 Å². The van der Waals surface area contributed by atoms with Gasteiger partial charge < -0.3 is 15.5 Å². The van der Waals surface area contributed by atoms with Gasteiger partial charge in [0.1, 0.15) is 0 Å². The first kappa shape index (κ1) is 18.5. The lowest BCUT2D eigenvalue weighted by Gasteiger charge is -2.29. The molecule has 138 valence electrons. The fourth-order valence-electron chi connectivity index (χ4n) is 3.17. The van der Waals surface area contributed by atoms with Crippen molar-refractivity contribution in [3.63, 3.8) is 0 Å². The van der Waals surface area contributed by atoms with E-state index in [1.54, 1.807) is 0 Å². The number of para-hydroxylation sites is 1. The first-order valence-electron chi connectivity index (χ1n) is 9.53. The van der Waals surface area contributed by atoms with E-state index in [9.17, 15) is 0 Å². The van der Waals surface area contributed by atoms with Gasteiger partial charge in [0.05, 0.1) is 6.54 Å².